The molecule has 3 heteroatoms. The Kier molecular flexibility index (Phi) is 4.81. The molecule has 2 N–H and O–H groups in total. The largest absolute Gasteiger partial charge is 0.324 e. The van der Waals surface area contributed by atoms with Crippen molar-refractivity contribution in [2.24, 2.45) is 5.73 Å². The molecular weight excluding hydrogens is 310 g/mol. The first-order valence-electron chi connectivity index (χ1n) is 5.90. The fourth-order valence-corrected chi connectivity index (χ4v) is 2.81. The molecule has 94 valence electrons. The Labute approximate surface area is 121 Å². The van der Waals surface area contributed by atoms with Gasteiger partial charge in [0, 0.05) is 15.5 Å². The predicted octanol–water partition coefficient (Wildman–Crippen LogP) is 4.74. The summed E-state index contributed by atoms with van der Waals surface area (Å²) in [7, 11) is 0. The minimum Gasteiger partial charge on any atom is -0.324 e. The molecule has 0 aromatic heterocycles. The summed E-state index contributed by atoms with van der Waals surface area (Å²) in [6, 6.07) is 16.2. The Balaban J connectivity index is 2.01. The first kappa shape index (κ1) is 13.6. The van der Waals surface area contributed by atoms with Gasteiger partial charge in [0.2, 0.25) is 0 Å². The van der Waals surface area contributed by atoms with Gasteiger partial charge in [-0.1, -0.05) is 57.9 Å². The summed E-state index contributed by atoms with van der Waals surface area (Å²) in [5.41, 5.74) is 8.59. The van der Waals surface area contributed by atoms with Gasteiger partial charge < -0.3 is 5.73 Å². The Hall–Kier alpha value is -0.830. The molecule has 0 saturated heterocycles. The van der Waals surface area contributed by atoms with E-state index in [2.05, 4.69) is 40.2 Å². The second-order valence-corrected chi connectivity index (χ2v) is 5.69. The second-order valence-electron chi connectivity index (χ2n) is 4.33. The van der Waals surface area contributed by atoms with Crippen molar-refractivity contribution in [2.75, 3.05) is 0 Å². The third kappa shape index (κ3) is 3.84. The van der Waals surface area contributed by atoms with Gasteiger partial charge >= 0.3 is 0 Å². The van der Waals surface area contributed by atoms with Crippen LogP contribution in [0.25, 0.3) is 0 Å². The van der Waals surface area contributed by atoms with Crippen LogP contribution in [0.5, 0.6) is 0 Å². The fourth-order valence-electron chi connectivity index (χ4n) is 1.92. The molecule has 1 nitrogen and oxygen atoms in total. The van der Waals surface area contributed by atoms with Gasteiger partial charge in [-0.2, -0.15) is 0 Å². The topological polar surface area (TPSA) is 26.0 Å². The normalized spacial score (nSPS) is 12.4. The molecule has 0 aliphatic carbocycles. The zero-order valence-electron chi connectivity index (χ0n) is 9.94. The van der Waals surface area contributed by atoms with Crippen molar-refractivity contribution < 1.29 is 0 Å². The van der Waals surface area contributed by atoms with Crippen LogP contribution in [0.1, 0.15) is 23.6 Å². The van der Waals surface area contributed by atoms with Crippen LogP contribution in [0.4, 0.5) is 0 Å². The third-order valence-corrected chi connectivity index (χ3v) is 3.58. The van der Waals surface area contributed by atoms with Gasteiger partial charge in [-0.3, -0.25) is 0 Å². The van der Waals surface area contributed by atoms with E-state index in [4.69, 9.17) is 17.3 Å². The molecular formula is C15H15BrClN. The highest BCUT2D eigenvalue weighted by atomic mass is 79.9. The van der Waals surface area contributed by atoms with Crippen molar-refractivity contribution in [3.8, 4) is 0 Å². The first-order chi connectivity index (χ1) is 8.65. The zero-order valence-corrected chi connectivity index (χ0v) is 12.3. The Morgan fingerprint density at radius 3 is 2.50 bits per heavy atom. The van der Waals surface area contributed by atoms with E-state index in [0.29, 0.717) is 0 Å². The molecule has 2 aromatic rings. The molecule has 0 radical (unpaired) electrons. The highest BCUT2D eigenvalue weighted by Gasteiger charge is 2.08. The fraction of sp³-hybridized carbons (Fsp3) is 0.200. The zero-order chi connectivity index (χ0) is 13.0. The Morgan fingerprint density at radius 1 is 1.11 bits per heavy atom. The lowest BCUT2D eigenvalue weighted by Gasteiger charge is -2.13. The number of nitrogens with two attached hydrogens (primary N) is 1. The summed E-state index contributed by atoms with van der Waals surface area (Å²) in [6.45, 7) is 0. The number of rotatable bonds is 4. The molecule has 0 aliphatic rings. The number of halogens is 2. The highest BCUT2D eigenvalue weighted by Crippen LogP contribution is 2.25. The van der Waals surface area contributed by atoms with E-state index < -0.39 is 0 Å². The lowest BCUT2D eigenvalue weighted by Crippen LogP contribution is -2.11. The first-order valence-corrected chi connectivity index (χ1v) is 7.08. The summed E-state index contributed by atoms with van der Waals surface area (Å²) in [6.07, 6.45) is 1.89. The van der Waals surface area contributed by atoms with Gasteiger partial charge in [0.15, 0.2) is 0 Å². The molecule has 0 fully saturated rings. The number of hydrogen-bond acceptors (Lipinski definition) is 1. The number of aryl methyl sites for hydroxylation is 1. The molecule has 2 aromatic carbocycles. The monoisotopic (exact) mass is 323 g/mol. The van der Waals surface area contributed by atoms with Gasteiger partial charge in [0.1, 0.15) is 0 Å². The number of hydrogen-bond donors (Lipinski definition) is 1. The highest BCUT2D eigenvalue weighted by molar-refractivity contribution is 9.10. The summed E-state index contributed by atoms with van der Waals surface area (Å²) in [5.74, 6) is 0. The molecule has 0 spiro atoms. The van der Waals surface area contributed by atoms with Crippen LogP contribution in [0.3, 0.4) is 0 Å². The van der Waals surface area contributed by atoms with Gasteiger partial charge in [-0.15, -0.1) is 0 Å². The van der Waals surface area contributed by atoms with Crippen LogP contribution in [-0.2, 0) is 6.42 Å². The van der Waals surface area contributed by atoms with Gasteiger partial charge in [0.05, 0.1) is 0 Å². The molecule has 0 amide bonds. The van der Waals surface area contributed by atoms with Crippen LogP contribution in [0, 0.1) is 0 Å². The summed E-state index contributed by atoms with van der Waals surface area (Å²) in [4.78, 5) is 0. The average Bonchev–Trinajstić information content (AvgIpc) is 2.36. The summed E-state index contributed by atoms with van der Waals surface area (Å²) >= 11 is 9.46. The number of benzene rings is 2. The smallest absolute Gasteiger partial charge is 0.0420 e. The van der Waals surface area contributed by atoms with E-state index in [1.54, 1.807) is 0 Å². The van der Waals surface area contributed by atoms with Crippen LogP contribution >= 0.6 is 27.5 Å². The minimum absolute atomic E-state index is 0.0141. The molecule has 0 saturated carbocycles. The average molecular weight is 325 g/mol. The minimum atomic E-state index is 0.0141. The summed E-state index contributed by atoms with van der Waals surface area (Å²) in [5, 5.41) is 0.717. The molecule has 0 heterocycles. The van der Waals surface area contributed by atoms with Crippen LogP contribution in [0.2, 0.25) is 5.02 Å². The van der Waals surface area contributed by atoms with Crippen molar-refractivity contribution in [3.63, 3.8) is 0 Å². The SMILES string of the molecule is NC(CCc1ccccc1)c1cc(Cl)cc(Br)c1. The van der Waals surface area contributed by atoms with Crippen molar-refractivity contribution in [2.45, 2.75) is 18.9 Å². The Bertz CT molecular complexity index is 493. The second kappa shape index (κ2) is 6.37. The van der Waals surface area contributed by atoms with Gasteiger partial charge in [0.25, 0.3) is 0 Å². The van der Waals surface area contributed by atoms with E-state index in [-0.39, 0.29) is 6.04 Å². The van der Waals surface area contributed by atoms with E-state index >= 15 is 0 Å². The van der Waals surface area contributed by atoms with Crippen molar-refractivity contribution in [1.29, 1.82) is 0 Å². The van der Waals surface area contributed by atoms with Gasteiger partial charge in [-0.05, 0) is 42.2 Å². The lowest BCUT2D eigenvalue weighted by atomic mass is 10.00. The van der Waals surface area contributed by atoms with Crippen LogP contribution in [0.15, 0.2) is 53.0 Å². The van der Waals surface area contributed by atoms with E-state index in [9.17, 15) is 0 Å². The molecule has 18 heavy (non-hydrogen) atoms. The van der Waals surface area contributed by atoms with Crippen molar-refractivity contribution in [3.05, 3.63) is 69.2 Å². The van der Waals surface area contributed by atoms with Crippen molar-refractivity contribution >= 4 is 27.5 Å². The maximum absolute atomic E-state index is 6.20. The molecule has 1 unspecified atom stereocenters. The molecule has 1 atom stereocenters. The summed E-state index contributed by atoms with van der Waals surface area (Å²) < 4.78 is 0.972. The maximum atomic E-state index is 6.20. The van der Waals surface area contributed by atoms with E-state index in [1.165, 1.54) is 5.56 Å². The Morgan fingerprint density at radius 2 is 1.83 bits per heavy atom. The van der Waals surface area contributed by atoms with Crippen LogP contribution in [-0.4, -0.2) is 0 Å². The van der Waals surface area contributed by atoms with Crippen molar-refractivity contribution in [1.82, 2.24) is 0 Å². The maximum Gasteiger partial charge on any atom is 0.0420 e. The van der Waals surface area contributed by atoms with Gasteiger partial charge in [-0.25, -0.2) is 0 Å². The van der Waals surface area contributed by atoms with E-state index in [1.807, 2.05) is 24.3 Å². The quantitative estimate of drug-likeness (QED) is 0.864. The molecule has 0 aliphatic heterocycles. The van der Waals surface area contributed by atoms with E-state index in [0.717, 1.165) is 27.9 Å². The van der Waals surface area contributed by atoms with Crippen LogP contribution < -0.4 is 5.73 Å². The molecule has 2 rings (SSSR count). The predicted molar refractivity (Wildman–Crippen MR) is 80.8 cm³/mol. The standard InChI is InChI=1S/C15H15BrClN/c16-13-8-12(9-14(17)10-13)15(18)7-6-11-4-2-1-3-5-11/h1-5,8-10,15H,6-7,18H2. The third-order valence-electron chi connectivity index (χ3n) is 2.90. The lowest BCUT2D eigenvalue weighted by molar-refractivity contribution is 0.651. The molecule has 0 bridgehead atoms.